The SMILES string of the molecule is O=C(NCC1CCCCC1Cl)C1CCCS1. The van der Waals surface area contributed by atoms with Crippen molar-refractivity contribution in [3.8, 4) is 0 Å². The zero-order chi connectivity index (χ0) is 11.4. The molecule has 92 valence electrons. The van der Waals surface area contributed by atoms with Crippen molar-refractivity contribution in [1.82, 2.24) is 5.32 Å². The number of hydrogen-bond donors (Lipinski definition) is 1. The van der Waals surface area contributed by atoms with E-state index < -0.39 is 0 Å². The Kier molecular flexibility index (Phi) is 4.83. The van der Waals surface area contributed by atoms with E-state index in [1.165, 1.54) is 25.7 Å². The molecule has 0 aromatic rings. The predicted molar refractivity (Wildman–Crippen MR) is 70.1 cm³/mol. The number of nitrogens with one attached hydrogen (secondary N) is 1. The third kappa shape index (κ3) is 3.30. The third-order valence-corrected chi connectivity index (χ3v) is 5.53. The third-order valence-electron chi connectivity index (χ3n) is 3.58. The number of rotatable bonds is 3. The maximum Gasteiger partial charge on any atom is 0.233 e. The zero-order valence-electron chi connectivity index (χ0n) is 9.58. The summed E-state index contributed by atoms with van der Waals surface area (Å²) < 4.78 is 0. The highest BCUT2D eigenvalue weighted by Gasteiger charge is 2.26. The second kappa shape index (κ2) is 6.15. The lowest BCUT2D eigenvalue weighted by Gasteiger charge is -2.27. The average Bonchev–Trinajstić information content (AvgIpc) is 2.81. The molecule has 0 aromatic heterocycles. The van der Waals surface area contributed by atoms with E-state index in [0.29, 0.717) is 5.92 Å². The van der Waals surface area contributed by atoms with E-state index in [1.54, 1.807) is 11.8 Å². The highest BCUT2D eigenvalue weighted by Crippen LogP contribution is 2.29. The van der Waals surface area contributed by atoms with Crippen LogP contribution in [-0.2, 0) is 4.79 Å². The lowest BCUT2D eigenvalue weighted by Crippen LogP contribution is -2.38. The molecule has 1 amide bonds. The Morgan fingerprint density at radius 2 is 2.06 bits per heavy atom. The number of alkyl halides is 1. The number of amides is 1. The molecular weight excluding hydrogens is 242 g/mol. The first-order chi connectivity index (χ1) is 7.77. The Balaban J connectivity index is 1.71. The van der Waals surface area contributed by atoms with Crippen LogP contribution in [0.15, 0.2) is 0 Å². The number of hydrogen-bond acceptors (Lipinski definition) is 2. The molecule has 2 rings (SSSR count). The molecule has 4 heteroatoms. The molecule has 1 saturated carbocycles. The van der Waals surface area contributed by atoms with E-state index in [-0.39, 0.29) is 16.5 Å². The van der Waals surface area contributed by atoms with Crippen molar-refractivity contribution in [3.63, 3.8) is 0 Å². The Labute approximate surface area is 107 Å². The van der Waals surface area contributed by atoms with Crippen molar-refractivity contribution >= 4 is 29.3 Å². The monoisotopic (exact) mass is 261 g/mol. The van der Waals surface area contributed by atoms with Crippen LogP contribution in [0.5, 0.6) is 0 Å². The molecule has 1 N–H and O–H groups in total. The van der Waals surface area contributed by atoms with Crippen molar-refractivity contribution in [2.75, 3.05) is 12.3 Å². The van der Waals surface area contributed by atoms with Crippen molar-refractivity contribution in [2.24, 2.45) is 5.92 Å². The Morgan fingerprint density at radius 3 is 2.75 bits per heavy atom. The first-order valence-corrected chi connectivity index (χ1v) is 7.79. The van der Waals surface area contributed by atoms with Gasteiger partial charge >= 0.3 is 0 Å². The van der Waals surface area contributed by atoms with Crippen molar-refractivity contribution in [1.29, 1.82) is 0 Å². The lowest BCUT2D eigenvalue weighted by atomic mass is 9.89. The summed E-state index contributed by atoms with van der Waals surface area (Å²) in [5, 5.41) is 3.56. The first kappa shape index (κ1) is 12.6. The molecule has 2 aliphatic rings. The fourth-order valence-electron chi connectivity index (χ4n) is 2.52. The van der Waals surface area contributed by atoms with E-state index in [0.717, 1.165) is 25.1 Å². The van der Waals surface area contributed by atoms with Gasteiger partial charge in [-0.3, -0.25) is 4.79 Å². The molecule has 1 heterocycles. The Hall–Kier alpha value is 0.110. The van der Waals surface area contributed by atoms with Crippen molar-refractivity contribution < 1.29 is 4.79 Å². The van der Waals surface area contributed by atoms with Gasteiger partial charge < -0.3 is 5.32 Å². The largest absolute Gasteiger partial charge is 0.355 e. The minimum absolute atomic E-state index is 0.206. The summed E-state index contributed by atoms with van der Waals surface area (Å²) in [6, 6.07) is 0. The van der Waals surface area contributed by atoms with E-state index >= 15 is 0 Å². The minimum atomic E-state index is 0.206. The maximum atomic E-state index is 11.8. The van der Waals surface area contributed by atoms with Crippen LogP contribution in [0.1, 0.15) is 38.5 Å². The van der Waals surface area contributed by atoms with Crippen LogP contribution in [0.3, 0.4) is 0 Å². The van der Waals surface area contributed by atoms with E-state index in [9.17, 15) is 4.79 Å². The zero-order valence-corrected chi connectivity index (χ0v) is 11.2. The van der Waals surface area contributed by atoms with Gasteiger partial charge in [0.15, 0.2) is 0 Å². The smallest absolute Gasteiger partial charge is 0.233 e. The summed E-state index contributed by atoms with van der Waals surface area (Å²) in [7, 11) is 0. The topological polar surface area (TPSA) is 29.1 Å². The molecule has 2 fully saturated rings. The number of carbonyl (C=O) groups excluding carboxylic acids is 1. The fourth-order valence-corrected chi connectivity index (χ4v) is 4.08. The molecule has 1 saturated heterocycles. The molecule has 3 unspecified atom stereocenters. The molecule has 0 radical (unpaired) electrons. The van der Waals surface area contributed by atoms with Crippen LogP contribution in [0.25, 0.3) is 0 Å². The summed E-state index contributed by atoms with van der Waals surface area (Å²) in [5.74, 6) is 1.86. The van der Waals surface area contributed by atoms with Crippen LogP contribution in [0.4, 0.5) is 0 Å². The molecule has 16 heavy (non-hydrogen) atoms. The highest BCUT2D eigenvalue weighted by molar-refractivity contribution is 8.00. The molecule has 0 aromatic carbocycles. The normalized spacial score (nSPS) is 34.9. The van der Waals surface area contributed by atoms with Crippen LogP contribution in [0.2, 0.25) is 0 Å². The minimum Gasteiger partial charge on any atom is -0.355 e. The van der Waals surface area contributed by atoms with Gasteiger partial charge in [0, 0.05) is 11.9 Å². The van der Waals surface area contributed by atoms with Gasteiger partial charge in [0.1, 0.15) is 0 Å². The number of carbonyl (C=O) groups is 1. The van der Waals surface area contributed by atoms with Crippen molar-refractivity contribution in [3.05, 3.63) is 0 Å². The number of halogens is 1. The van der Waals surface area contributed by atoms with Gasteiger partial charge in [-0.1, -0.05) is 12.8 Å². The number of thioether (sulfide) groups is 1. The van der Waals surface area contributed by atoms with Gasteiger partial charge in [-0.2, -0.15) is 0 Å². The summed E-state index contributed by atoms with van der Waals surface area (Å²) >= 11 is 8.06. The van der Waals surface area contributed by atoms with Gasteiger partial charge in [0.05, 0.1) is 5.25 Å². The van der Waals surface area contributed by atoms with Crippen LogP contribution >= 0.6 is 23.4 Å². The summed E-state index contributed by atoms with van der Waals surface area (Å²) in [6.45, 7) is 0.782. The van der Waals surface area contributed by atoms with E-state index in [1.807, 2.05) is 0 Å². The molecule has 1 aliphatic heterocycles. The fraction of sp³-hybridized carbons (Fsp3) is 0.917. The second-order valence-electron chi connectivity index (χ2n) is 4.81. The van der Waals surface area contributed by atoms with Crippen LogP contribution < -0.4 is 5.32 Å². The molecule has 2 nitrogen and oxygen atoms in total. The average molecular weight is 262 g/mol. The molecule has 1 aliphatic carbocycles. The second-order valence-corrected chi connectivity index (χ2v) is 6.68. The standard InChI is InChI=1S/C12H20ClNOS/c13-10-5-2-1-4-9(10)8-14-12(15)11-6-3-7-16-11/h9-11H,1-8H2,(H,14,15). The molecule has 0 spiro atoms. The summed E-state index contributed by atoms with van der Waals surface area (Å²) in [6.07, 6.45) is 7.03. The van der Waals surface area contributed by atoms with Crippen LogP contribution in [0, 0.1) is 5.92 Å². The lowest BCUT2D eigenvalue weighted by molar-refractivity contribution is -0.120. The van der Waals surface area contributed by atoms with E-state index in [2.05, 4.69) is 5.32 Å². The Bertz CT molecular complexity index is 243. The Morgan fingerprint density at radius 1 is 1.25 bits per heavy atom. The van der Waals surface area contributed by atoms with Gasteiger partial charge in [-0.15, -0.1) is 23.4 Å². The van der Waals surface area contributed by atoms with Crippen LogP contribution in [-0.4, -0.2) is 28.8 Å². The van der Waals surface area contributed by atoms with Crippen molar-refractivity contribution in [2.45, 2.75) is 49.2 Å². The summed E-state index contributed by atoms with van der Waals surface area (Å²) in [4.78, 5) is 11.8. The molecule has 0 bridgehead atoms. The molecule has 3 atom stereocenters. The van der Waals surface area contributed by atoms with Gasteiger partial charge in [0.25, 0.3) is 0 Å². The molecular formula is C12H20ClNOS. The predicted octanol–water partition coefficient (Wildman–Crippen LogP) is 2.80. The van der Waals surface area contributed by atoms with Gasteiger partial charge in [0.2, 0.25) is 5.91 Å². The van der Waals surface area contributed by atoms with Gasteiger partial charge in [-0.05, 0) is 37.4 Å². The first-order valence-electron chi connectivity index (χ1n) is 6.31. The maximum absolute atomic E-state index is 11.8. The highest BCUT2D eigenvalue weighted by atomic mass is 35.5. The van der Waals surface area contributed by atoms with Gasteiger partial charge in [-0.25, -0.2) is 0 Å². The summed E-state index contributed by atoms with van der Waals surface area (Å²) in [5.41, 5.74) is 0. The quantitative estimate of drug-likeness (QED) is 0.792. The van der Waals surface area contributed by atoms with E-state index in [4.69, 9.17) is 11.6 Å².